The Morgan fingerprint density at radius 1 is 0.639 bits per heavy atom. The predicted octanol–water partition coefficient (Wildman–Crippen LogP) is -3.68. The van der Waals surface area contributed by atoms with Crippen molar-refractivity contribution in [2.45, 2.75) is 80.9 Å². The van der Waals surface area contributed by atoms with E-state index in [-0.39, 0.29) is 25.8 Å². The molecule has 0 radical (unpaired) electrons. The van der Waals surface area contributed by atoms with Gasteiger partial charge in [-0.05, 0) is 64.7 Å². The van der Waals surface area contributed by atoms with Gasteiger partial charge in [-0.3, -0.25) is 4.90 Å². The number of hydrogen-bond donors (Lipinski definition) is 11. The van der Waals surface area contributed by atoms with E-state index in [9.17, 15) is 40.9 Å². The van der Waals surface area contributed by atoms with Gasteiger partial charge < -0.3 is 56.8 Å². The maximum Gasteiger partial charge on any atom is 0.0897 e. The molecule has 36 heavy (non-hydrogen) atoms. The zero-order valence-electron chi connectivity index (χ0n) is 21.6. The van der Waals surface area contributed by atoms with E-state index in [0.717, 1.165) is 51.9 Å². The lowest BCUT2D eigenvalue weighted by atomic mass is 9.75. The van der Waals surface area contributed by atoms with Crippen molar-refractivity contribution in [3.05, 3.63) is 0 Å². The summed E-state index contributed by atoms with van der Waals surface area (Å²) in [6, 6.07) is -0.581. The van der Waals surface area contributed by atoms with Crippen molar-refractivity contribution in [1.29, 1.82) is 0 Å². The van der Waals surface area contributed by atoms with E-state index >= 15 is 0 Å². The van der Waals surface area contributed by atoms with Crippen molar-refractivity contribution >= 4 is 0 Å². The lowest BCUT2D eigenvalue weighted by Crippen LogP contribution is -2.66. The van der Waals surface area contributed by atoms with Crippen molar-refractivity contribution in [2.24, 2.45) is 0 Å². The summed E-state index contributed by atoms with van der Waals surface area (Å²) in [5.74, 6) is 0. The number of aliphatic hydroxyl groups excluding tert-OH is 8. The standard InChI is InChI=1S/C24H52N4O8/c29-15-19(33)11-23-24(12-20(34)16-30,13-21(35)17-31)28(14-22(36)18-32)10-3-1-2-5-25-8-9-26-6-4-7-27-23/h19-23,25-27,29-36H,1-18H2. The van der Waals surface area contributed by atoms with Gasteiger partial charge in [0, 0.05) is 31.2 Å². The van der Waals surface area contributed by atoms with Crippen LogP contribution in [0.15, 0.2) is 0 Å². The lowest BCUT2D eigenvalue weighted by molar-refractivity contribution is -0.0766. The molecule has 1 aliphatic rings. The van der Waals surface area contributed by atoms with Crippen LogP contribution in [0.5, 0.6) is 0 Å². The number of nitrogens with zero attached hydrogens (tertiary/aromatic N) is 1. The second-order valence-electron chi connectivity index (χ2n) is 9.96. The summed E-state index contributed by atoms with van der Waals surface area (Å²) in [5, 5.41) is 91.1. The molecule has 0 saturated carbocycles. The van der Waals surface area contributed by atoms with Crippen LogP contribution in [0, 0.1) is 0 Å². The fourth-order valence-corrected chi connectivity index (χ4v) is 5.08. The average molecular weight is 525 g/mol. The highest BCUT2D eigenvalue weighted by Crippen LogP contribution is 2.35. The van der Waals surface area contributed by atoms with Crippen LogP contribution in [-0.4, -0.2) is 154 Å². The van der Waals surface area contributed by atoms with Gasteiger partial charge in [0.05, 0.1) is 50.8 Å². The van der Waals surface area contributed by atoms with Crippen molar-refractivity contribution in [2.75, 3.05) is 72.2 Å². The fraction of sp³-hybridized carbons (Fsp3) is 1.00. The van der Waals surface area contributed by atoms with Crippen LogP contribution < -0.4 is 16.0 Å². The Hall–Kier alpha value is -0.480. The molecule has 11 N–H and O–H groups in total. The third-order valence-corrected chi connectivity index (χ3v) is 6.92. The summed E-state index contributed by atoms with van der Waals surface area (Å²) >= 11 is 0. The van der Waals surface area contributed by atoms with E-state index in [0.29, 0.717) is 13.1 Å². The number of aliphatic hydroxyl groups is 8. The average Bonchev–Trinajstić information content (AvgIpc) is 2.88. The van der Waals surface area contributed by atoms with E-state index in [2.05, 4.69) is 16.0 Å². The van der Waals surface area contributed by atoms with Crippen LogP contribution in [-0.2, 0) is 0 Å². The summed E-state index contributed by atoms with van der Waals surface area (Å²) in [6.45, 7) is 2.33. The van der Waals surface area contributed by atoms with Crippen LogP contribution in [0.3, 0.4) is 0 Å². The quantitative estimate of drug-likeness (QED) is 0.120. The SMILES string of the molecule is OCC(O)CC1NCCCNCCNCCCCCN(CC(O)CO)C1(CC(O)CO)CC(O)CO. The van der Waals surface area contributed by atoms with Gasteiger partial charge >= 0.3 is 0 Å². The third kappa shape index (κ3) is 12.4. The molecule has 0 aromatic rings. The van der Waals surface area contributed by atoms with Crippen LogP contribution in [0.1, 0.15) is 44.9 Å². The van der Waals surface area contributed by atoms with Gasteiger partial charge in [-0.2, -0.15) is 0 Å². The highest BCUT2D eigenvalue weighted by Gasteiger charge is 2.47. The molecule has 1 fully saturated rings. The fourth-order valence-electron chi connectivity index (χ4n) is 5.08. The Labute approximate surface area is 215 Å². The lowest BCUT2D eigenvalue weighted by Gasteiger charge is -2.52. The Kier molecular flexibility index (Phi) is 18.2. The van der Waals surface area contributed by atoms with Crippen LogP contribution in [0.2, 0.25) is 0 Å². The highest BCUT2D eigenvalue weighted by atomic mass is 16.3. The molecule has 0 aliphatic carbocycles. The number of nitrogens with one attached hydrogen (secondary N) is 3. The largest absolute Gasteiger partial charge is 0.394 e. The maximum atomic E-state index is 10.6. The van der Waals surface area contributed by atoms with Gasteiger partial charge in [0.15, 0.2) is 0 Å². The van der Waals surface area contributed by atoms with Crippen molar-refractivity contribution in [3.8, 4) is 0 Å². The molecule has 0 aromatic carbocycles. The van der Waals surface area contributed by atoms with Gasteiger partial charge in [0.2, 0.25) is 0 Å². The molecule has 1 saturated heterocycles. The van der Waals surface area contributed by atoms with E-state index in [4.69, 9.17) is 0 Å². The number of hydrogen-bond acceptors (Lipinski definition) is 12. The van der Waals surface area contributed by atoms with E-state index in [1.807, 2.05) is 4.90 Å². The van der Waals surface area contributed by atoms with Crippen molar-refractivity contribution < 1.29 is 40.9 Å². The molecule has 12 heteroatoms. The van der Waals surface area contributed by atoms with Gasteiger partial charge in [-0.15, -0.1) is 0 Å². The zero-order valence-corrected chi connectivity index (χ0v) is 21.6. The van der Waals surface area contributed by atoms with Gasteiger partial charge in [-0.1, -0.05) is 6.42 Å². The second-order valence-corrected chi connectivity index (χ2v) is 9.96. The summed E-state index contributed by atoms with van der Waals surface area (Å²) in [5.41, 5.74) is -1.13. The first-order chi connectivity index (χ1) is 17.3. The van der Waals surface area contributed by atoms with Gasteiger partial charge in [-0.25, -0.2) is 0 Å². The minimum Gasteiger partial charge on any atom is -0.394 e. The second kappa shape index (κ2) is 19.6. The topological polar surface area (TPSA) is 201 Å². The molecular weight excluding hydrogens is 472 g/mol. The summed E-state index contributed by atoms with van der Waals surface area (Å²) in [7, 11) is 0. The van der Waals surface area contributed by atoms with Crippen LogP contribution >= 0.6 is 0 Å². The molecule has 5 unspecified atom stereocenters. The summed E-state index contributed by atoms with van der Waals surface area (Å²) in [4.78, 5) is 1.91. The zero-order chi connectivity index (χ0) is 26.8. The molecule has 0 spiro atoms. The predicted molar refractivity (Wildman–Crippen MR) is 137 cm³/mol. The number of rotatable bonds is 12. The van der Waals surface area contributed by atoms with Crippen molar-refractivity contribution in [1.82, 2.24) is 20.9 Å². The molecule has 1 heterocycles. The molecule has 0 amide bonds. The molecular formula is C24H52N4O8. The van der Waals surface area contributed by atoms with Gasteiger partial charge in [0.25, 0.3) is 0 Å². The first-order valence-electron chi connectivity index (χ1n) is 13.4. The maximum absolute atomic E-state index is 10.6. The molecule has 216 valence electrons. The molecule has 0 aromatic heterocycles. The number of β-amino-alcohol motifs (C(OH)–C–C–N with tert-alkyl or cyclic N) is 1. The first kappa shape index (κ1) is 33.5. The Balaban J connectivity index is 3.50. The van der Waals surface area contributed by atoms with Crippen molar-refractivity contribution in [3.63, 3.8) is 0 Å². The molecule has 1 aliphatic heterocycles. The molecule has 12 nitrogen and oxygen atoms in total. The minimum atomic E-state index is -1.17. The Morgan fingerprint density at radius 2 is 1.19 bits per heavy atom. The highest BCUT2D eigenvalue weighted by molar-refractivity contribution is 5.04. The molecule has 5 atom stereocenters. The normalized spacial score (nSPS) is 27.8. The van der Waals surface area contributed by atoms with Crippen LogP contribution in [0.4, 0.5) is 0 Å². The summed E-state index contributed by atoms with van der Waals surface area (Å²) in [6.07, 6.45) is -1.17. The van der Waals surface area contributed by atoms with E-state index in [1.54, 1.807) is 0 Å². The van der Waals surface area contributed by atoms with E-state index < -0.39 is 62.4 Å². The first-order valence-corrected chi connectivity index (χ1v) is 13.4. The smallest absolute Gasteiger partial charge is 0.0897 e. The van der Waals surface area contributed by atoms with Gasteiger partial charge in [0.1, 0.15) is 0 Å². The molecule has 0 bridgehead atoms. The third-order valence-electron chi connectivity index (χ3n) is 6.92. The Morgan fingerprint density at radius 3 is 1.75 bits per heavy atom. The monoisotopic (exact) mass is 524 g/mol. The van der Waals surface area contributed by atoms with Crippen LogP contribution in [0.25, 0.3) is 0 Å². The summed E-state index contributed by atoms with van der Waals surface area (Å²) < 4.78 is 0. The van der Waals surface area contributed by atoms with E-state index in [1.165, 1.54) is 0 Å². The molecule has 1 rings (SSSR count). The minimum absolute atomic E-state index is 0.0195. The Bertz CT molecular complexity index is 492.